The van der Waals surface area contributed by atoms with E-state index >= 15 is 0 Å². The van der Waals surface area contributed by atoms with E-state index in [0.29, 0.717) is 28.8 Å². The maximum absolute atomic E-state index is 12.3. The van der Waals surface area contributed by atoms with Gasteiger partial charge in [0.25, 0.3) is 11.6 Å². The number of nitrogens with one attached hydrogen (secondary N) is 1. The predicted molar refractivity (Wildman–Crippen MR) is 79.3 cm³/mol. The number of ether oxygens (including phenoxy) is 1. The minimum atomic E-state index is -0.684. The van der Waals surface area contributed by atoms with Crippen LogP contribution in [-0.2, 0) is 9.53 Å². The number of carbonyl (C=O) groups excluding carboxylic acids is 2. The van der Waals surface area contributed by atoms with E-state index in [0.717, 1.165) is 0 Å². The van der Waals surface area contributed by atoms with Gasteiger partial charge in [0.15, 0.2) is 0 Å². The zero-order valence-corrected chi connectivity index (χ0v) is 13.0. The van der Waals surface area contributed by atoms with Crippen LogP contribution in [0.3, 0.4) is 0 Å². The van der Waals surface area contributed by atoms with Crippen LogP contribution in [0.25, 0.3) is 11.1 Å². The van der Waals surface area contributed by atoms with Crippen LogP contribution in [-0.4, -0.2) is 35.2 Å². The molecule has 0 aliphatic heterocycles. The molecule has 1 atom stereocenters. The van der Waals surface area contributed by atoms with Crippen LogP contribution in [0, 0.1) is 12.8 Å². The first-order chi connectivity index (χ1) is 10.4. The van der Waals surface area contributed by atoms with E-state index in [4.69, 9.17) is 9.26 Å². The Morgan fingerprint density at radius 3 is 2.77 bits per heavy atom. The van der Waals surface area contributed by atoms with Crippen molar-refractivity contribution in [3.8, 4) is 0 Å². The fourth-order valence-electron chi connectivity index (χ4n) is 2.14. The molecule has 0 bridgehead atoms. The first kappa shape index (κ1) is 15.9. The van der Waals surface area contributed by atoms with Crippen LogP contribution >= 0.6 is 0 Å². The second-order valence-electron chi connectivity index (χ2n) is 5.52. The van der Waals surface area contributed by atoms with Gasteiger partial charge in [-0.25, -0.2) is 9.78 Å². The molecule has 7 nitrogen and oxygen atoms in total. The molecule has 1 N–H and O–H groups in total. The van der Waals surface area contributed by atoms with Crippen molar-refractivity contribution in [3.05, 3.63) is 23.5 Å². The van der Waals surface area contributed by atoms with Gasteiger partial charge in [-0.2, -0.15) is 0 Å². The van der Waals surface area contributed by atoms with Gasteiger partial charge in [-0.1, -0.05) is 19.0 Å². The summed E-state index contributed by atoms with van der Waals surface area (Å²) in [5.74, 6) is -0.603. The predicted octanol–water partition coefficient (Wildman–Crippen LogP) is 1.85. The molecule has 2 heterocycles. The molecule has 2 rings (SSSR count). The summed E-state index contributed by atoms with van der Waals surface area (Å²) in [5, 5.41) is 7.15. The average molecular weight is 305 g/mol. The number of methoxy groups -OCH3 is 1. The van der Waals surface area contributed by atoms with Gasteiger partial charge >= 0.3 is 5.97 Å². The third-order valence-electron chi connectivity index (χ3n) is 3.27. The molecular weight excluding hydrogens is 286 g/mol. The third-order valence-corrected chi connectivity index (χ3v) is 3.27. The van der Waals surface area contributed by atoms with Gasteiger partial charge < -0.3 is 14.6 Å². The fraction of sp³-hybridized carbons (Fsp3) is 0.467. The zero-order chi connectivity index (χ0) is 16.3. The van der Waals surface area contributed by atoms with Gasteiger partial charge in [0.05, 0.1) is 23.8 Å². The van der Waals surface area contributed by atoms with E-state index < -0.39 is 12.0 Å². The van der Waals surface area contributed by atoms with E-state index in [1.807, 2.05) is 13.8 Å². The van der Waals surface area contributed by atoms with Gasteiger partial charge in [-0.05, 0) is 25.3 Å². The van der Waals surface area contributed by atoms with Crippen LogP contribution in [0.15, 0.2) is 16.8 Å². The molecule has 118 valence electrons. The average Bonchev–Trinajstić information content (AvgIpc) is 2.86. The van der Waals surface area contributed by atoms with Crippen LogP contribution in [0.5, 0.6) is 0 Å². The summed E-state index contributed by atoms with van der Waals surface area (Å²) in [6.07, 6.45) is 1.90. The number of amides is 1. The van der Waals surface area contributed by atoms with Gasteiger partial charge in [0, 0.05) is 6.20 Å². The number of fused-ring (bicyclic) bond motifs is 1. The second kappa shape index (κ2) is 6.55. The van der Waals surface area contributed by atoms with Crippen molar-refractivity contribution in [3.63, 3.8) is 0 Å². The standard InChI is InChI=1S/C15H19N3O4/c1-8(2)5-12(15(20)21-4)17-13(19)10-6-11-9(3)18-22-14(11)16-7-10/h6-8,12H,5H2,1-4H3,(H,17,19). The van der Waals surface area contributed by atoms with Crippen molar-refractivity contribution in [2.75, 3.05) is 7.11 Å². The van der Waals surface area contributed by atoms with Gasteiger partial charge in [-0.15, -0.1) is 0 Å². The molecule has 7 heteroatoms. The van der Waals surface area contributed by atoms with Crippen molar-refractivity contribution < 1.29 is 18.8 Å². The largest absolute Gasteiger partial charge is 0.467 e. The topological polar surface area (TPSA) is 94.3 Å². The molecule has 2 aromatic rings. The third kappa shape index (κ3) is 3.41. The molecule has 0 fully saturated rings. The summed E-state index contributed by atoms with van der Waals surface area (Å²) in [7, 11) is 1.30. The molecule has 0 saturated carbocycles. The number of nitrogens with zero attached hydrogens (tertiary/aromatic N) is 2. The van der Waals surface area contributed by atoms with Crippen molar-refractivity contribution in [1.82, 2.24) is 15.5 Å². The van der Waals surface area contributed by atoms with Crippen LogP contribution in [0.4, 0.5) is 0 Å². The molecule has 0 aliphatic rings. The summed E-state index contributed by atoms with van der Waals surface area (Å²) < 4.78 is 9.74. The number of esters is 1. The molecule has 0 spiro atoms. The quantitative estimate of drug-likeness (QED) is 0.847. The van der Waals surface area contributed by atoms with Gasteiger partial charge in [0.1, 0.15) is 6.04 Å². The monoisotopic (exact) mass is 305 g/mol. The SMILES string of the molecule is COC(=O)C(CC(C)C)NC(=O)c1cnc2onc(C)c2c1. The lowest BCUT2D eigenvalue weighted by Crippen LogP contribution is -2.42. The molecule has 2 aromatic heterocycles. The van der Waals surface area contributed by atoms with E-state index in [2.05, 4.69) is 15.5 Å². The lowest BCUT2D eigenvalue weighted by molar-refractivity contribution is -0.143. The van der Waals surface area contributed by atoms with E-state index in [9.17, 15) is 9.59 Å². The van der Waals surface area contributed by atoms with Crippen LogP contribution in [0.2, 0.25) is 0 Å². The Hall–Kier alpha value is -2.44. The fourth-order valence-corrected chi connectivity index (χ4v) is 2.14. The van der Waals surface area contributed by atoms with E-state index in [1.165, 1.54) is 13.3 Å². The Morgan fingerprint density at radius 2 is 2.14 bits per heavy atom. The second-order valence-corrected chi connectivity index (χ2v) is 5.52. The smallest absolute Gasteiger partial charge is 0.328 e. The molecular formula is C15H19N3O4. The number of aryl methyl sites for hydroxylation is 1. The molecule has 0 aliphatic carbocycles. The number of rotatable bonds is 5. The lowest BCUT2D eigenvalue weighted by Gasteiger charge is -2.18. The summed E-state index contributed by atoms with van der Waals surface area (Å²) >= 11 is 0. The lowest BCUT2D eigenvalue weighted by atomic mass is 10.0. The molecule has 1 amide bonds. The van der Waals surface area contributed by atoms with Crippen molar-refractivity contribution >= 4 is 23.0 Å². The normalized spacial score (nSPS) is 12.4. The van der Waals surface area contributed by atoms with Crippen molar-refractivity contribution in [1.29, 1.82) is 0 Å². The first-order valence-electron chi connectivity index (χ1n) is 7.03. The van der Waals surface area contributed by atoms with Crippen LogP contribution in [0.1, 0.15) is 36.3 Å². The molecule has 22 heavy (non-hydrogen) atoms. The Balaban J connectivity index is 2.20. The maximum atomic E-state index is 12.3. The first-order valence-corrected chi connectivity index (χ1v) is 7.03. The Bertz CT molecular complexity index is 693. The summed E-state index contributed by atoms with van der Waals surface area (Å²) in [6.45, 7) is 5.71. The highest BCUT2D eigenvalue weighted by Crippen LogP contribution is 2.17. The minimum absolute atomic E-state index is 0.241. The summed E-state index contributed by atoms with van der Waals surface area (Å²) in [6, 6.07) is 0.962. The van der Waals surface area contributed by atoms with E-state index in [-0.39, 0.29) is 11.8 Å². The van der Waals surface area contributed by atoms with E-state index in [1.54, 1.807) is 13.0 Å². The minimum Gasteiger partial charge on any atom is -0.467 e. The molecule has 1 unspecified atom stereocenters. The summed E-state index contributed by atoms with van der Waals surface area (Å²) in [5.41, 5.74) is 1.38. The van der Waals surface area contributed by atoms with Crippen LogP contribution < -0.4 is 5.32 Å². The highest BCUT2D eigenvalue weighted by Gasteiger charge is 2.23. The number of carbonyl (C=O) groups is 2. The van der Waals surface area contributed by atoms with Crippen molar-refractivity contribution in [2.45, 2.75) is 33.2 Å². The zero-order valence-electron chi connectivity index (χ0n) is 13.0. The number of hydrogen-bond acceptors (Lipinski definition) is 6. The summed E-state index contributed by atoms with van der Waals surface area (Å²) in [4.78, 5) is 28.1. The Kier molecular flexibility index (Phi) is 4.75. The highest BCUT2D eigenvalue weighted by atomic mass is 16.5. The highest BCUT2D eigenvalue weighted by molar-refractivity contribution is 5.98. The number of aromatic nitrogens is 2. The molecule has 0 radical (unpaired) electrons. The Morgan fingerprint density at radius 1 is 1.41 bits per heavy atom. The maximum Gasteiger partial charge on any atom is 0.328 e. The molecule has 0 saturated heterocycles. The molecule has 0 aromatic carbocycles. The van der Waals surface area contributed by atoms with Gasteiger partial charge in [0.2, 0.25) is 0 Å². The number of hydrogen-bond donors (Lipinski definition) is 1. The van der Waals surface area contributed by atoms with Gasteiger partial charge in [-0.3, -0.25) is 4.79 Å². The van der Waals surface area contributed by atoms with Crippen molar-refractivity contribution in [2.24, 2.45) is 5.92 Å². The Labute approximate surface area is 128 Å². The number of pyridine rings is 1.